The average Bonchev–Trinajstić information content (AvgIpc) is 2.15. The van der Waals surface area contributed by atoms with Crippen molar-refractivity contribution < 1.29 is 14.4 Å². The van der Waals surface area contributed by atoms with Gasteiger partial charge < -0.3 is 0 Å². The van der Waals surface area contributed by atoms with Crippen LogP contribution >= 0.6 is 0 Å². The van der Waals surface area contributed by atoms with Crippen LogP contribution < -0.4 is 0 Å². The summed E-state index contributed by atoms with van der Waals surface area (Å²) in [5, 5.41) is 0. The van der Waals surface area contributed by atoms with Crippen LogP contribution in [-0.4, -0.2) is 29.0 Å². The van der Waals surface area contributed by atoms with Crippen LogP contribution in [0.15, 0.2) is 0 Å². The Labute approximate surface area is 89.6 Å². The number of hydrogen-bond acceptors (Lipinski definition) is 3. The predicted molar refractivity (Wildman–Crippen MR) is 55.0 cm³/mol. The Balaban J connectivity index is 3.29. The Kier molecular flexibility index (Phi) is 2.50. The lowest BCUT2D eigenvalue weighted by Crippen LogP contribution is -2.62. The van der Waals surface area contributed by atoms with Gasteiger partial charge in [0.05, 0.1) is 0 Å². The van der Waals surface area contributed by atoms with Gasteiger partial charge in [0.25, 0.3) is 0 Å². The summed E-state index contributed by atoms with van der Waals surface area (Å²) in [5.74, 6) is -1.08. The molecular formula is C11H17NO3. The van der Waals surface area contributed by atoms with Crippen LogP contribution in [0.2, 0.25) is 0 Å². The first-order valence-corrected chi connectivity index (χ1v) is 5.08. The molecule has 1 saturated heterocycles. The van der Waals surface area contributed by atoms with Gasteiger partial charge in [-0.1, -0.05) is 0 Å². The highest BCUT2D eigenvalue weighted by Crippen LogP contribution is 2.37. The van der Waals surface area contributed by atoms with Gasteiger partial charge in [0.2, 0.25) is 11.8 Å². The van der Waals surface area contributed by atoms with E-state index in [0.29, 0.717) is 6.54 Å². The largest absolute Gasteiger partial charge is 0.297 e. The summed E-state index contributed by atoms with van der Waals surface area (Å²) in [6, 6.07) is 0. The van der Waals surface area contributed by atoms with Gasteiger partial charge in [-0.3, -0.25) is 19.3 Å². The quantitative estimate of drug-likeness (QED) is 0.480. The van der Waals surface area contributed by atoms with E-state index in [9.17, 15) is 14.4 Å². The number of hydrogen-bond donors (Lipinski definition) is 0. The number of nitrogens with zero attached hydrogens (tertiary/aromatic N) is 1. The number of carbonyl (C=O) groups excluding carboxylic acids is 3. The molecule has 0 atom stereocenters. The van der Waals surface area contributed by atoms with Gasteiger partial charge in [-0.15, -0.1) is 0 Å². The molecule has 0 aliphatic carbocycles. The number of likely N-dealkylation sites (tertiary alicyclic amines) is 1. The molecule has 2 amide bonds. The molecule has 0 spiro atoms. The molecular weight excluding hydrogens is 194 g/mol. The molecule has 1 rings (SSSR count). The number of Topliss-reactive ketones (excluding diaryl/α,β-unsaturated/α-hetero) is 1. The predicted octanol–water partition coefficient (Wildman–Crippen LogP) is 0.997. The average molecular weight is 211 g/mol. The fraction of sp³-hybridized carbons (Fsp3) is 0.727. The van der Waals surface area contributed by atoms with Crippen molar-refractivity contribution >= 4 is 17.6 Å². The molecule has 4 heteroatoms. The standard InChI is InChI=1S/C11H17NO3/c1-6-12-8(14)10(2,3)7(13)11(4,5)9(12)15/h6H2,1-5H3. The van der Waals surface area contributed by atoms with Crippen molar-refractivity contribution in [1.82, 2.24) is 4.90 Å². The minimum Gasteiger partial charge on any atom is -0.297 e. The van der Waals surface area contributed by atoms with E-state index in [1.807, 2.05) is 0 Å². The molecule has 1 fully saturated rings. The number of amides is 2. The summed E-state index contributed by atoms with van der Waals surface area (Å²) in [4.78, 5) is 36.9. The molecule has 0 aromatic heterocycles. The van der Waals surface area contributed by atoms with Gasteiger partial charge in [-0.2, -0.15) is 0 Å². The molecule has 0 aromatic carbocycles. The highest BCUT2D eigenvalue weighted by atomic mass is 16.2. The van der Waals surface area contributed by atoms with Crippen LogP contribution in [0.5, 0.6) is 0 Å². The van der Waals surface area contributed by atoms with Crippen LogP contribution in [0.4, 0.5) is 0 Å². The van der Waals surface area contributed by atoms with Crippen LogP contribution in [0.3, 0.4) is 0 Å². The van der Waals surface area contributed by atoms with Gasteiger partial charge in [0.15, 0.2) is 5.78 Å². The van der Waals surface area contributed by atoms with E-state index >= 15 is 0 Å². The zero-order chi connectivity index (χ0) is 12.0. The Hall–Kier alpha value is -1.19. The van der Waals surface area contributed by atoms with Gasteiger partial charge in [-0.05, 0) is 34.6 Å². The smallest absolute Gasteiger partial charge is 0.242 e. The van der Waals surface area contributed by atoms with Gasteiger partial charge in [-0.25, -0.2) is 0 Å². The number of piperidine rings is 1. The van der Waals surface area contributed by atoms with Crippen molar-refractivity contribution in [2.24, 2.45) is 10.8 Å². The molecule has 1 aliphatic rings. The topological polar surface area (TPSA) is 54.5 Å². The molecule has 0 N–H and O–H groups in total. The van der Waals surface area contributed by atoms with Gasteiger partial charge in [0, 0.05) is 6.54 Å². The Morgan fingerprint density at radius 1 is 0.933 bits per heavy atom. The molecule has 0 saturated carbocycles. The number of carbonyl (C=O) groups is 3. The zero-order valence-electron chi connectivity index (χ0n) is 9.88. The number of imide groups is 1. The molecule has 15 heavy (non-hydrogen) atoms. The lowest BCUT2D eigenvalue weighted by Gasteiger charge is -2.42. The molecule has 0 bridgehead atoms. The van der Waals surface area contributed by atoms with Crippen molar-refractivity contribution in [1.29, 1.82) is 0 Å². The van der Waals surface area contributed by atoms with Crippen LogP contribution in [0.25, 0.3) is 0 Å². The zero-order valence-corrected chi connectivity index (χ0v) is 9.88. The summed E-state index contributed by atoms with van der Waals surface area (Å²) in [7, 11) is 0. The van der Waals surface area contributed by atoms with E-state index < -0.39 is 10.8 Å². The summed E-state index contributed by atoms with van der Waals surface area (Å²) >= 11 is 0. The van der Waals surface area contributed by atoms with Gasteiger partial charge >= 0.3 is 0 Å². The van der Waals surface area contributed by atoms with Crippen LogP contribution in [-0.2, 0) is 14.4 Å². The monoisotopic (exact) mass is 211 g/mol. The first-order valence-electron chi connectivity index (χ1n) is 5.08. The van der Waals surface area contributed by atoms with E-state index in [1.54, 1.807) is 34.6 Å². The first kappa shape index (κ1) is 11.9. The summed E-state index contributed by atoms with van der Waals surface area (Å²) in [6.45, 7) is 8.36. The third-order valence-corrected chi connectivity index (χ3v) is 3.01. The maximum absolute atomic E-state index is 12.0. The van der Waals surface area contributed by atoms with Crippen molar-refractivity contribution in [3.63, 3.8) is 0 Å². The van der Waals surface area contributed by atoms with Gasteiger partial charge in [0.1, 0.15) is 10.8 Å². The minimum atomic E-state index is -1.09. The lowest BCUT2D eigenvalue weighted by atomic mass is 9.68. The summed E-state index contributed by atoms with van der Waals surface area (Å²) in [5.41, 5.74) is -2.18. The fourth-order valence-corrected chi connectivity index (χ4v) is 2.03. The van der Waals surface area contributed by atoms with E-state index in [-0.39, 0.29) is 17.6 Å². The minimum absolute atomic E-state index is 0.297. The Morgan fingerprint density at radius 2 is 1.27 bits per heavy atom. The molecule has 84 valence electrons. The van der Waals surface area contributed by atoms with E-state index in [1.165, 1.54) is 4.90 Å². The molecule has 0 aromatic rings. The highest BCUT2D eigenvalue weighted by molar-refractivity contribution is 6.24. The molecule has 0 unspecified atom stereocenters. The Morgan fingerprint density at radius 3 is 1.53 bits per heavy atom. The molecule has 4 nitrogen and oxygen atoms in total. The Bertz CT molecular complexity index is 312. The third-order valence-electron chi connectivity index (χ3n) is 3.01. The fourth-order valence-electron chi connectivity index (χ4n) is 2.03. The normalized spacial score (nSPS) is 24.6. The number of rotatable bonds is 1. The lowest BCUT2D eigenvalue weighted by molar-refractivity contribution is -0.170. The van der Waals surface area contributed by atoms with E-state index in [4.69, 9.17) is 0 Å². The molecule has 1 heterocycles. The first-order chi connectivity index (χ1) is 6.67. The summed E-state index contributed by atoms with van der Waals surface area (Å²) < 4.78 is 0. The SMILES string of the molecule is CCN1C(=O)C(C)(C)C(=O)C(C)(C)C1=O. The third kappa shape index (κ3) is 1.39. The second kappa shape index (κ2) is 3.15. The summed E-state index contributed by atoms with van der Waals surface area (Å²) in [6.07, 6.45) is 0. The van der Waals surface area contributed by atoms with Crippen molar-refractivity contribution in [3.05, 3.63) is 0 Å². The van der Waals surface area contributed by atoms with Crippen molar-refractivity contribution in [2.75, 3.05) is 6.54 Å². The molecule has 1 aliphatic heterocycles. The molecule has 0 radical (unpaired) electrons. The highest BCUT2D eigenvalue weighted by Gasteiger charge is 2.56. The maximum atomic E-state index is 12.0. The van der Waals surface area contributed by atoms with Crippen LogP contribution in [0.1, 0.15) is 34.6 Å². The van der Waals surface area contributed by atoms with Crippen molar-refractivity contribution in [2.45, 2.75) is 34.6 Å². The second-order valence-corrected chi connectivity index (χ2v) is 4.93. The van der Waals surface area contributed by atoms with Crippen LogP contribution in [0, 0.1) is 10.8 Å². The number of ketones is 1. The van der Waals surface area contributed by atoms with E-state index in [0.717, 1.165) is 0 Å². The van der Waals surface area contributed by atoms with E-state index in [2.05, 4.69) is 0 Å². The second-order valence-electron chi connectivity index (χ2n) is 4.93. The maximum Gasteiger partial charge on any atom is 0.242 e. The van der Waals surface area contributed by atoms with Crippen molar-refractivity contribution in [3.8, 4) is 0 Å².